The second-order valence-electron chi connectivity index (χ2n) is 5.70. The van der Waals surface area contributed by atoms with Crippen LogP contribution in [-0.4, -0.2) is 79.5 Å². The maximum atomic E-state index is 11.9. The van der Waals surface area contributed by atoms with E-state index in [-0.39, 0.29) is 12.0 Å². The van der Waals surface area contributed by atoms with Crippen LogP contribution in [0.25, 0.3) is 0 Å². The van der Waals surface area contributed by atoms with E-state index in [9.17, 15) is 4.79 Å². The molecule has 96 valence electrons. The van der Waals surface area contributed by atoms with E-state index in [1.54, 1.807) is 0 Å². The highest BCUT2D eigenvalue weighted by Crippen LogP contribution is 2.44. The molecular weight excluding hydrogens is 216 g/mol. The SMILES string of the molecule is CN1CCN(CCN2CC3C(N)C3C2=O)CC1. The van der Waals surface area contributed by atoms with E-state index in [1.165, 1.54) is 0 Å². The van der Waals surface area contributed by atoms with Crippen LogP contribution < -0.4 is 5.73 Å². The van der Waals surface area contributed by atoms with Crippen molar-refractivity contribution in [2.24, 2.45) is 17.6 Å². The lowest BCUT2D eigenvalue weighted by Gasteiger charge is -2.33. The Bertz CT molecular complexity index is 314. The first-order valence-electron chi connectivity index (χ1n) is 6.62. The summed E-state index contributed by atoms with van der Waals surface area (Å²) in [6.45, 7) is 7.36. The summed E-state index contributed by atoms with van der Waals surface area (Å²) in [6, 6.07) is 0.169. The second kappa shape index (κ2) is 4.23. The van der Waals surface area contributed by atoms with Crippen molar-refractivity contribution in [3.8, 4) is 0 Å². The van der Waals surface area contributed by atoms with Gasteiger partial charge in [0.15, 0.2) is 0 Å². The third kappa shape index (κ3) is 2.07. The number of fused-ring (bicyclic) bond motifs is 1. The van der Waals surface area contributed by atoms with Gasteiger partial charge in [-0.15, -0.1) is 0 Å². The van der Waals surface area contributed by atoms with E-state index in [2.05, 4.69) is 16.8 Å². The molecule has 0 spiro atoms. The highest BCUT2D eigenvalue weighted by molar-refractivity contribution is 5.86. The fraction of sp³-hybridized carbons (Fsp3) is 0.917. The van der Waals surface area contributed by atoms with Crippen molar-refractivity contribution in [3.63, 3.8) is 0 Å². The monoisotopic (exact) mass is 238 g/mol. The first kappa shape index (κ1) is 11.4. The lowest BCUT2D eigenvalue weighted by molar-refractivity contribution is -0.130. The Kier molecular flexibility index (Phi) is 2.84. The number of nitrogens with two attached hydrogens (primary N) is 1. The zero-order valence-corrected chi connectivity index (χ0v) is 10.5. The number of likely N-dealkylation sites (N-methyl/N-ethyl adjacent to an activating group) is 1. The minimum Gasteiger partial charge on any atom is -0.341 e. The van der Waals surface area contributed by atoms with Crippen LogP contribution in [0.3, 0.4) is 0 Å². The zero-order valence-electron chi connectivity index (χ0n) is 10.5. The van der Waals surface area contributed by atoms with Crippen molar-refractivity contribution in [1.29, 1.82) is 0 Å². The van der Waals surface area contributed by atoms with Gasteiger partial charge >= 0.3 is 0 Å². The molecule has 0 aromatic rings. The topological polar surface area (TPSA) is 52.8 Å². The van der Waals surface area contributed by atoms with E-state index in [0.717, 1.165) is 45.8 Å². The summed E-state index contributed by atoms with van der Waals surface area (Å²) >= 11 is 0. The lowest BCUT2D eigenvalue weighted by Crippen LogP contribution is -2.47. The van der Waals surface area contributed by atoms with Crippen LogP contribution in [0.2, 0.25) is 0 Å². The predicted molar refractivity (Wildman–Crippen MR) is 65.5 cm³/mol. The summed E-state index contributed by atoms with van der Waals surface area (Å²) in [6.07, 6.45) is 0. The molecule has 3 unspecified atom stereocenters. The van der Waals surface area contributed by atoms with Crippen LogP contribution in [0.1, 0.15) is 0 Å². The largest absolute Gasteiger partial charge is 0.341 e. The first-order valence-corrected chi connectivity index (χ1v) is 6.62. The number of nitrogens with zero attached hydrogens (tertiary/aromatic N) is 3. The molecule has 3 aliphatic rings. The number of carbonyl (C=O) groups excluding carboxylic acids is 1. The van der Waals surface area contributed by atoms with Crippen molar-refractivity contribution >= 4 is 5.91 Å². The van der Waals surface area contributed by atoms with Crippen LogP contribution in [0.15, 0.2) is 0 Å². The molecule has 2 saturated heterocycles. The third-order valence-electron chi connectivity index (χ3n) is 4.54. The highest BCUT2D eigenvalue weighted by Gasteiger charge is 2.59. The Balaban J connectivity index is 1.42. The Hall–Kier alpha value is -0.650. The van der Waals surface area contributed by atoms with Gasteiger partial charge in [-0.3, -0.25) is 9.69 Å². The summed E-state index contributed by atoms with van der Waals surface area (Å²) in [5.74, 6) is 0.939. The molecule has 3 atom stereocenters. The number of amides is 1. The molecule has 1 saturated carbocycles. The number of hydrogen-bond acceptors (Lipinski definition) is 4. The molecule has 0 aromatic heterocycles. The number of hydrogen-bond donors (Lipinski definition) is 1. The zero-order chi connectivity index (χ0) is 12.0. The first-order chi connectivity index (χ1) is 8.16. The van der Waals surface area contributed by atoms with Gasteiger partial charge < -0.3 is 15.5 Å². The fourth-order valence-corrected chi connectivity index (χ4v) is 3.07. The van der Waals surface area contributed by atoms with Gasteiger partial charge in [0.25, 0.3) is 0 Å². The van der Waals surface area contributed by atoms with Crippen LogP contribution in [0, 0.1) is 11.8 Å². The summed E-state index contributed by atoms with van der Waals surface area (Å²) in [5, 5.41) is 0. The van der Waals surface area contributed by atoms with Gasteiger partial charge in [-0.05, 0) is 7.05 Å². The van der Waals surface area contributed by atoms with Gasteiger partial charge in [0.1, 0.15) is 0 Å². The normalized spacial score (nSPS) is 38.6. The van der Waals surface area contributed by atoms with Crippen molar-refractivity contribution in [1.82, 2.24) is 14.7 Å². The smallest absolute Gasteiger partial charge is 0.227 e. The number of likely N-dealkylation sites (tertiary alicyclic amines) is 1. The molecule has 1 aliphatic carbocycles. The van der Waals surface area contributed by atoms with Gasteiger partial charge in [-0.1, -0.05) is 0 Å². The average Bonchev–Trinajstić information content (AvgIpc) is 2.81. The van der Waals surface area contributed by atoms with E-state index < -0.39 is 0 Å². The maximum absolute atomic E-state index is 11.9. The van der Waals surface area contributed by atoms with E-state index in [1.807, 2.05) is 4.90 Å². The Morgan fingerprint density at radius 3 is 2.53 bits per heavy atom. The van der Waals surface area contributed by atoms with Crippen molar-refractivity contribution in [3.05, 3.63) is 0 Å². The number of carbonyl (C=O) groups is 1. The van der Waals surface area contributed by atoms with Gasteiger partial charge in [0, 0.05) is 57.8 Å². The lowest BCUT2D eigenvalue weighted by atomic mass is 10.3. The molecule has 0 radical (unpaired) electrons. The molecule has 3 fully saturated rings. The molecule has 3 rings (SSSR count). The molecule has 2 N–H and O–H groups in total. The summed E-state index contributed by atoms with van der Waals surface area (Å²) < 4.78 is 0. The van der Waals surface area contributed by atoms with Crippen LogP contribution >= 0.6 is 0 Å². The summed E-state index contributed by atoms with van der Waals surface area (Å²) in [5.41, 5.74) is 5.82. The van der Waals surface area contributed by atoms with Crippen LogP contribution in [-0.2, 0) is 4.79 Å². The molecule has 1 amide bonds. The van der Waals surface area contributed by atoms with Crippen molar-refractivity contribution in [2.45, 2.75) is 6.04 Å². The van der Waals surface area contributed by atoms with Gasteiger partial charge in [0.05, 0.1) is 5.92 Å². The van der Waals surface area contributed by atoms with Gasteiger partial charge in [-0.2, -0.15) is 0 Å². The van der Waals surface area contributed by atoms with Crippen molar-refractivity contribution in [2.75, 3.05) is 52.9 Å². The molecule has 5 heteroatoms. The second-order valence-corrected chi connectivity index (χ2v) is 5.70. The molecule has 2 heterocycles. The molecule has 5 nitrogen and oxygen atoms in total. The summed E-state index contributed by atoms with van der Waals surface area (Å²) in [4.78, 5) is 18.7. The third-order valence-corrected chi connectivity index (χ3v) is 4.54. The minimum absolute atomic E-state index is 0.169. The summed E-state index contributed by atoms with van der Waals surface area (Å²) in [7, 11) is 2.16. The van der Waals surface area contributed by atoms with Crippen LogP contribution in [0.5, 0.6) is 0 Å². The average molecular weight is 238 g/mol. The number of piperazine rings is 1. The number of rotatable bonds is 3. The molecular formula is C12H22N4O. The molecule has 17 heavy (non-hydrogen) atoms. The quantitative estimate of drug-likeness (QED) is 0.660. The molecule has 2 aliphatic heterocycles. The number of piperidine rings is 1. The minimum atomic E-state index is 0.169. The Morgan fingerprint density at radius 2 is 1.94 bits per heavy atom. The van der Waals surface area contributed by atoms with E-state index >= 15 is 0 Å². The van der Waals surface area contributed by atoms with E-state index in [4.69, 9.17) is 5.73 Å². The maximum Gasteiger partial charge on any atom is 0.227 e. The van der Waals surface area contributed by atoms with Gasteiger partial charge in [0.2, 0.25) is 5.91 Å². The Morgan fingerprint density at radius 1 is 1.24 bits per heavy atom. The predicted octanol–water partition coefficient (Wildman–Crippen LogP) is -1.35. The van der Waals surface area contributed by atoms with Crippen LogP contribution in [0.4, 0.5) is 0 Å². The fourth-order valence-electron chi connectivity index (χ4n) is 3.07. The highest BCUT2D eigenvalue weighted by atomic mass is 16.2. The molecule has 0 bridgehead atoms. The molecule has 0 aromatic carbocycles. The van der Waals surface area contributed by atoms with E-state index in [0.29, 0.717) is 11.8 Å². The van der Waals surface area contributed by atoms with Crippen molar-refractivity contribution < 1.29 is 4.79 Å². The Labute approximate surface area is 103 Å². The van der Waals surface area contributed by atoms with Gasteiger partial charge in [-0.25, -0.2) is 0 Å². The standard InChI is InChI=1S/C12H22N4O/c1-14-2-4-15(5-3-14)6-7-16-8-9-10(11(9)13)12(16)17/h9-11H,2-8,13H2,1H3.